The Morgan fingerprint density at radius 1 is 1.25 bits per heavy atom. The third kappa shape index (κ3) is 3.09. The first-order valence-corrected chi connectivity index (χ1v) is 8.33. The minimum atomic E-state index is 0.427. The number of aromatic nitrogens is 7. The Morgan fingerprint density at radius 3 is 3.00 bits per heavy atom. The molecule has 0 spiro atoms. The van der Waals surface area contributed by atoms with Crippen LogP contribution in [0.5, 0.6) is 0 Å². The van der Waals surface area contributed by atoms with Crippen LogP contribution in [0.2, 0.25) is 0 Å². The lowest BCUT2D eigenvalue weighted by molar-refractivity contribution is 0.193. The molecule has 0 aliphatic carbocycles. The fourth-order valence-electron chi connectivity index (χ4n) is 3.43. The maximum atomic E-state index is 4.48. The van der Waals surface area contributed by atoms with Crippen molar-refractivity contribution in [2.24, 2.45) is 7.05 Å². The van der Waals surface area contributed by atoms with E-state index in [1.54, 1.807) is 18.9 Å². The van der Waals surface area contributed by atoms with Crippen LogP contribution in [0.4, 0.5) is 0 Å². The first kappa shape index (κ1) is 15.1. The van der Waals surface area contributed by atoms with Crippen molar-refractivity contribution in [1.29, 1.82) is 0 Å². The van der Waals surface area contributed by atoms with Crippen LogP contribution in [0.3, 0.4) is 0 Å². The van der Waals surface area contributed by atoms with Crippen molar-refractivity contribution < 1.29 is 0 Å². The van der Waals surface area contributed by atoms with Crippen molar-refractivity contribution in [3.63, 3.8) is 0 Å². The van der Waals surface area contributed by atoms with Gasteiger partial charge in [-0.05, 0) is 19.4 Å². The fraction of sp³-hybridized carbons (Fsp3) is 0.500. The number of H-pyrrole nitrogens is 1. The maximum Gasteiger partial charge on any atom is 0.152 e. The largest absolute Gasteiger partial charge is 0.347 e. The van der Waals surface area contributed by atoms with Gasteiger partial charge < -0.3 is 14.1 Å². The summed E-state index contributed by atoms with van der Waals surface area (Å²) in [6.45, 7) is 3.75. The molecule has 4 rings (SSSR count). The van der Waals surface area contributed by atoms with Gasteiger partial charge in [0.15, 0.2) is 5.82 Å². The number of hydrogen-bond acceptors (Lipinski definition) is 5. The van der Waals surface area contributed by atoms with Crippen LogP contribution in [0.15, 0.2) is 31.2 Å². The fourth-order valence-corrected chi connectivity index (χ4v) is 3.43. The van der Waals surface area contributed by atoms with Crippen molar-refractivity contribution in [3.05, 3.63) is 48.6 Å². The third-order valence-corrected chi connectivity index (χ3v) is 4.70. The minimum Gasteiger partial charge on any atom is -0.347 e. The topological polar surface area (TPSA) is 80.4 Å². The first-order chi connectivity index (χ1) is 11.8. The highest BCUT2D eigenvalue weighted by molar-refractivity contribution is 5.05. The number of hydrogen-bond donors (Lipinski definition) is 1. The molecular weight excluding hydrogens is 304 g/mol. The van der Waals surface area contributed by atoms with Crippen LogP contribution < -0.4 is 0 Å². The second kappa shape index (κ2) is 6.56. The van der Waals surface area contributed by atoms with Crippen LogP contribution in [0.1, 0.15) is 36.1 Å². The molecule has 0 unspecified atom stereocenters. The summed E-state index contributed by atoms with van der Waals surface area (Å²) >= 11 is 0. The zero-order chi connectivity index (χ0) is 16.4. The molecule has 8 heteroatoms. The lowest BCUT2D eigenvalue weighted by Gasteiger charge is -2.31. The van der Waals surface area contributed by atoms with E-state index in [2.05, 4.69) is 41.7 Å². The SMILES string of the molecule is Cn1c(Cn2ccnc2)nnc1[C@@H]1CCCN(Cc2cnc[nH]2)C1. The Bertz CT molecular complexity index is 758. The number of likely N-dealkylation sites (tertiary alicyclic amines) is 1. The van der Waals surface area contributed by atoms with E-state index in [0.717, 1.165) is 43.4 Å². The average Bonchev–Trinajstić information content (AvgIpc) is 3.33. The highest BCUT2D eigenvalue weighted by Gasteiger charge is 2.26. The van der Waals surface area contributed by atoms with Crippen molar-refractivity contribution in [1.82, 2.24) is 39.2 Å². The quantitative estimate of drug-likeness (QED) is 0.761. The van der Waals surface area contributed by atoms with Gasteiger partial charge in [-0.1, -0.05) is 0 Å². The van der Waals surface area contributed by atoms with E-state index in [-0.39, 0.29) is 0 Å². The molecule has 3 aromatic rings. The summed E-state index contributed by atoms with van der Waals surface area (Å²) in [7, 11) is 2.06. The maximum absolute atomic E-state index is 4.48. The Balaban J connectivity index is 1.46. The summed E-state index contributed by atoms with van der Waals surface area (Å²) in [5, 5.41) is 8.88. The molecule has 0 radical (unpaired) electrons. The van der Waals surface area contributed by atoms with E-state index in [0.29, 0.717) is 12.5 Å². The molecule has 1 N–H and O–H groups in total. The molecule has 1 aliphatic rings. The van der Waals surface area contributed by atoms with E-state index in [9.17, 15) is 0 Å². The zero-order valence-electron chi connectivity index (χ0n) is 13.8. The summed E-state index contributed by atoms with van der Waals surface area (Å²) in [4.78, 5) is 13.8. The first-order valence-electron chi connectivity index (χ1n) is 8.33. The number of nitrogens with zero attached hydrogens (tertiary/aromatic N) is 7. The third-order valence-electron chi connectivity index (χ3n) is 4.70. The molecule has 1 fully saturated rings. The Morgan fingerprint density at radius 2 is 2.21 bits per heavy atom. The van der Waals surface area contributed by atoms with Crippen molar-refractivity contribution >= 4 is 0 Å². The van der Waals surface area contributed by atoms with Crippen molar-refractivity contribution in [2.45, 2.75) is 31.8 Å². The molecule has 1 atom stereocenters. The van der Waals surface area contributed by atoms with Gasteiger partial charge in [-0.2, -0.15) is 0 Å². The molecule has 0 bridgehead atoms. The Kier molecular flexibility index (Phi) is 4.12. The van der Waals surface area contributed by atoms with Gasteiger partial charge in [0.1, 0.15) is 5.82 Å². The predicted molar refractivity (Wildman–Crippen MR) is 88.2 cm³/mol. The van der Waals surface area contributed by atoms with Crippen molar-refractivity contribution in [3.8, 4) is 0 Å². The van der Waals surface area contributed by atoms with Crippen molar-refractivity contribution in [2.75, 3.05) is 13.1 Å². The van der Waals surface area contributed by atoms with E-state index in [1.165, 1.54) is 6.42 Å². The number of aromatic amines is 1. The van der Waals surface area contributed by atoms with Crippen LogP contribution in [0, 0.1) is 0 Å². The van der Waals surface area contributed by atoms with Gasteiger partial charge in [0, 0.05) is 50.3 Å². The standard InChI is InChI=1S/C16H22N8/c1-22-15(10-24-6-4-17-12-24)20-21-16(22)13-3-2-5-23(8-13)9-14-7-18-11-19-14/h4,6-7,11-13H,2-3,5,8-10H2,1H3,(H,18,19)/t13-/m1/s1. The Hall–Kier alpha value is -2.48. The monoisotopic (exact) mass is 326 g/mol. The van der Waals surface area contributed by atoms with Crippen LogP contribution in [-0.4, -0.2) is 52.3 Å². The molecule has 1 saturated heterocycles. The normalized spacial score (nSPS) is 19.0. The predicted octanol–water partition coefficient (Wildman–Crippen LogP) is 1.16. The number of rotatable bonds is 5. The number of nitrogens with one attached hydrogen (secondary N) is 1. The van der Waals surface area contributed by atoms with Crippen LogP contribution in [-0.2, 0) is 20.1 Å². The molecule has 4 heterocycles. The molecule has 3 aromatic heterocycles. The van der Waals surface area contributed by atoms with E-state index in [1.807, 2.05) is 17.0 Å². The Labute approximate surface area is 140 Å². The summed E-state index contributed by atoms with van der Waals surface area (Å²) in [6.07, 6.45) is 11.5. The van der Waals surface area contributed by atoms with Gasteiger partial charge in [0.2, 0.25) is 0 Å². The lowest BCUT2D eigenvalue weighted by Crippen LogP contribution is -2.35. The van der Waals surface area contributed by atoms with Gasteiger partial charge in [-0.15, -0.1) is 10.2 Å². The molecule has 1 aliphatic heterocycles. The molecule has 0 aromatic carbocycles. The van der Waals surface area contributed by atoms with Gasteiger partial charge in [0.05, 0.1) is 19.2 Å². The molecular formula is C16H22N8. The van der Waals surface area contributed by atoms with E-state index in [4.69, 9.17) is 0 Å². The van der Waals surface area contributed by atoms with Gasteiger partial charge in [-0.25, -0.2) is 9.97 Å². The second-order valence-corrected chi connectivity index (χ2v) is 6.42. The number of piperidine rings is 1. The smallest absolute Gasteiger partial charge is 0.152 e. The highest BCUT2D eigenvalue weighted by Crippen LogP contribution is 2.26. The second-order valence-electron chi connectivity index (χ2n) is 6.42. The highest BCUT2D eigenvalue weighted by atomic mass is 15.3. The molecule has 0 saturated carbocycles. The summed E-state index contributed by atoms with van der Waals surface area (Å²) in [5.41, 5.74) is 1.16. The molecule has 126 valence electrons. The zero-order valence-corrected chi connectivity index (χ0v) is 13.8. The summed E-state index contributed by atoms with van der Waals surface area (Å²) in [5.74, 6) is 2.48. The van der Waals surface area contributed by atoms with Gasteiger partial charge in [0.25, 0.3) is 0 Å². The summed E-state index contributed by atoms with van der Waals surface area (Å²) < 4.78 is 4.16. The van der Waals surface area contributed by atoms with E-state index < -0.39 is 0 Å². The lowest BCUT2D eigenvalue weighted by atomic mass is 9.97. The summed E-state index contributed by atoms with van der Waals surface area (Å²) in [6, 6.07) is 0. The van der Waals surface area contributed by atoms with E-state index >= 15 is 0 Å². The van der Waals surface area contributed by atoms with Crippen LogP contribution in [0.25, 0.3) is 0 Å². The molecule has 24 heavy (non-hydrogen) atoms. The van der Waals surface area contributed by atoms with Gasteiger partial charge >= 0.3 is 0 Å². The average molecular weight is 326 g/mol. The van der Waals surface area contributed by atoms with Crippen LogP contribution >= 0.6 is 0 Å². The molecule has 0 amide bonds. The minimum absolute atomic E-state index is 0.427. The van der Waals surface area contributed by atoms with Gasteiger partial charge in [-0.3, -0.25) is 4.90 Å². The number of imidazole rings is 2. The molecule has 8 nitrogen and oxygen atoms in total.